The van der Waals surface area contributed by atoms with E-state index < -0.39 is 0 Å². The normalized spacial score (nSPS) is 11.9. The van der Waals surface area contributed by atoms with Crippen molar-refractivity contribution in [1.82, 2.24) is 13.7 Å². The number of nitrogens with zero attached hydrogens (tertiary/aromatic N) is 3. The van der Waals surface area contributed by atoms with E-state index in [2.05, 4.69) is 432 Å². The van der Waals surface area contributed by atoms with Crippen LogP contribution in [0.25, 0.3) is 243 Å². The Labute approximate surface area is 717 Å². The van der Waals surface area contributed by atoms with E-state index >= 15 is 0 Å². The second-order valence-corrected chi connectivity index (χ2v) is 34.8. The Hall–Kier alpha value is -15.4. The molecule has 0 saturated heterocycles. The molecule has 0 spiro atoms. The molecule has 576 valence electrons. The molecular formula is C114H69N3O3S3. The maximum Gasteiger partial charge on any atom is 0.161 e. The summed E-state index contributed by atoms with van der Waals surface area (Å²) in [6, 6.07) is 150. The lowest BCUT2D eigenvalue weighted by Gasteiger charge is -2.10. The SMILES string of the molecule is c1ccc(-n2c3ccccc3c3oc4cccc(-c5ccc(-c6ccc7c(c6)sc6ccccc67)cc5)c4c32)cc1.c1ccc(-n2c3ccccc3c3oc4cccc(-c5ccc(-c6ccc7sc8ccccc8c7c6)cc5)c4c32)cc1.c1ccc(-n2c3ccccc3c3oc4cccc(-c5ccc(-c6cccc7c6sc6ccccc67)cc5)c4c32)cc1. The van der Waals surface area contributed by atoms with Crippen molar-refractivity contribution in [2.75, 3.05) is 0 Å². The minimum Gasteiger partial charge on any atom is -0.454 e. The molecule has 9 heteroatoms. The zero-order valence-corrected chi connectivity index (χ0v) is 68.6. The predicted octanol–water partition coefficient (Wildman–Crippen LogP) is 33.7. The Morgan fingerprint density at radius 2 is 0.472 bits per heavy atom. The molecular weight excluding hydrogens is 1560 g/mol. The van der Waals surface area contributed by atoms with Gasteiger partial charge in [-0.25, -0.2) is 0 Å². The summed E-state index contributed by atoms with van der Waals surface area (Å²) >= 11 is 5.59. The second-order valence-electron chi connectivity index (χ2n) is 31.6. The van der Waals surface area contributed by atoms with Crippen LogP contribution in [0.2, 0.25) is 0 Å². The Balaban J connectivity index is 0.000000101. The van der Waals surface area contributed by atoms with Crippen molar-refractivity contribution in [2.45, 2.75) is 0 Å². The minimum absolute atomic E-state index is 0.904. The number of benzene rings is 18. The minimum atomic E-state index is 0.904. The quantitative estimate of drug-likeness (QED) is 0.145. The number of furan rings is 3. The van der Waals surface area contributed by atoms with E-state index in [0.717, 1.165) is 116 Å². The number of rotatable bonds is 9. The Bertz CT molecular complexity index is 8840. The van der Waals surface area contributed by atoms with Crippen molar-refractivity contribution in [1.29, 1.82) is 0 Å². The highest BCUT2D eigenvalue weighted by Gasteiger charge is 2.27. The summed E-state index contributed by atoms with van der Waals surface area (Å²) < 4.78 is 34.7. The van der Waals surface area contributed by atoms with Crippen molar-refractivity contribution in [2.24, 2.45) is 0 Å². The predicted molar refractivity (Wildman–Crippen MR) is 523 cm³/mol. The highest BCUT2D eigenvalue weighted by Crippen LogP contribution is 2.50. The molecule has 27 rings (SSSR count). The maximum absolute atomic E-state index is 6.58. The fraction of sp³-hybridized carbons (Fsp3) is 0. The van der Waals surface area contributed by atoms with Crippen LogP contribution in [0.3, 0.4) is 0 Å². The third-order valence-electron chi connectivity index (χ3n) is 24.7. The van der Waals surface area contributed by atoms with Gasteiger partial charge in [0.15, 0.2) is 16.7 Å². The third-order valence-corrected chi connectivity index (χ3v) is 28.2. The largest absolute Gasteiger partial charge is 0.454 e. The molecule has 0 bridgehead atoms. The van der Waals surface area contributed by atoms with Gasteiger partial charge in [0.05, 0.1) is 32.7 Å². The molecule has 0 unspecified atom stereocenters. The summed E-state index contributed by atoms with van der Waals surface area (Å²) in [5, 5.41) is 14.8. The van der Waals surface area contributed by atoms with Gasteiger partial charge in [0.1, 0.15) is 33.3 Å². The van der Waals surface area contributed by atoms with Crippen LogP contribution in [0, 0.1) is 0 Å². The maximum atomic E-state index is 6.58. The number of fused-ring (bicyclic) bond motifs is 24. The Morgan fingerprint density at radius 3 is 0.911 bits per heavy atom. The van der Waals surface area contributed by atoms with Crippen molar-refractivity contribution < 1.29 is 13.3 Å². The summed E-state index contributed by atoms with van der Waals surface area (Å²) in [6.45, 7) is 0. The molecule has 0 fully saturated rings. The summed E-state index contributed by atoms with van der Waals surface area (Å²) in [7, 11) is 0. The van der Waals surface area contributed by atoms with E-state index in [1.54, 1.807) is 0 Å². The molecule has 0 radical (unpaired) electrons. The molecule has 9 aromatic heterocycles. The highest BCUT2D eigenvalue weighted by molar-refractivity contribution is 7.27. The first kappa shape index (κ1) is 70.6. The van der Waals surface area contributed by atoms with Crippen molar-refractivity contribution >= 4 is 193 Å². The zero-order valence-electron chi connectivity index (χ0n) is 66.1. The van der Waals surface area contributed by atoms with E-state index in [-0.39, 0.29) is 0 Å². The number of hydrogen-bond acceptors (Lipinski definition) is 6. The lowest BCUT2D eigenvalue weighted by Crippen LogP contribution is -1.93. The van der Waals surface area contributed by atoms with Gasteiger partial charge in [0.25, 0.3) is 0 Å². The van der Waals surface area contributed by atoms with Crippen molar-refractivity contribution in [3.8, 4) is 83.8 Å². The molecule has 6 nitrogen and oxygen atoms in total. The number of para-hydroxylation sites is 6. The monoisotopic (exact) mass is 1620 g/mol. The molecule has 0 aliphatic heterocycles. The van der Waals surface area contributed by atoms with Gasteiger partial charge in [-0.1, -0.05) is 291 Å². The zero-order chi connectivity index (χ0) is 80.7. The van der Waals surface area contributed by atoms with Gasteiger partial charge in [-0.15, -0.1) is 34.0 Å². The molecule has 0 N–H and O–H groups in total. The van der Waals surface area contributed by atoms with E-state index in [9.17, 15) is 0 Å². The van der Waals surface area contributed by atoms with Crippen LogP contribution in [-0.4, -0.2) is 13.7 Å². The molecule has 18 aromatic carbocycles. The average Bonchev–Trinajstić information content (AvgIpc) is 1.56. The lowest BCUT2D eigenvalue weighted by molar-refractivity contribution is 0.672. The van der Waals surface area contributed by atoms with Crippen molar-refractivity contribution in [3.05, 3.63) is 419 Å². The van der Waals surface area contributed by atoms with Crippen LogP contribution < -0.4 is 0 Å². The molecule has 0 amide bonds. The fourth-order valence-corrected chi connectivity index (χ4v) is 22.6. The number of thiophene rings is 3. The van der Waals surface area contributed by atoms with E-state index in [0.29, 0.717) is 0 Å². The molecule has 9 heterocycles. The van der Waals surface area contributed by atoms with E-state index in [4.69, 9.17) is 13.3 Å². The smallest absolute Gasteiger partial charge is 0.161 e. The van der Waals surface area contributed by atoms with Crippen molar-refractivity contribution in [3.63, 3.8) is 0 Å². The third kappa shape index (κ3) is 11.5. The molecule has 27 aromatic rings. The molecule has 0 aliphatic rings. The van der Waals surface area contributed by atoms with E-state index in [1.807, 2.05) is 34.0 Å². The van der Waals surface area contributed by atoms with E-state index in [1.165, 1.54) is 127 Å². The molecule has 0 aliphatic carbocycles. The summed E-state index contributed by atoms with van der Waals surface area (Å²) in [5.74, 6) is 0. The van der Waals surface area contributed by atoms with Crippen LogP contribution in [0.5, 0.6) is 0 Å². The Kier molecular flexibility index (Phi) is 16.5. The first-order valence-corrected chi connectivity index (χ1v) is 44.0. The van der Waals surface area contributed by atoms with Gasteiger partial charge >= 0.3 is 0 Å². The highest BCUT2D eigenvalue weighted by atomic mass is 32.1. The van der Waals surface area contributed by atoms with Gasteiger partial charge in [-0.2, -0.15) is 0 Å². The summed E-state index contributed by atoms with van der Waals surface area (Å²) in [4.78, 5) is 0. The fourth-order valence-electron chi connectivity index (χ4n) is 19.1. The van der Waals surface area contributed by atoms with Crippen LogP contribution in [-0.2, 0) is 0 Å². The first-order chi connectivity index (χ1) is 61.0. The standard InChI is InChI=1S/3C38H23NOS/c1-2-10-26(11-3-1)39-32-17-6-4-13-31(32)37-36(39)35-27(14-9-18-33(35)40-37)24-20-22-25(23-21-24)28-15-8-16-30-29-12-5-7-19-34(29)41-38(28)30;1-2-9-27(10-3-1)39-32-14-6-4-12-31(32)38-37(39)36-28(13-8-15-33(36)40-38)25-19-17-24(18-20-25)26-21-22-30-29-11-5-7-16-34(29)41-35(30)23-26;1-2-9-27(10-3-1)39-32-14-6-4-12-30(32)38-37(39)36-28(13-8-15-33(36)40-38)25-19-17-24(18-20-25)26-21-22-35-31(23-26)29-11-5-7-16-34(29)41-35/h3*1-23H. The second kappa shape index (κ2) is 28.7. The number of hydrogen-bond donors (Lipinski definition) is 0. The summed E-state index contributed by atoms with van der Waals surface area (Å²) in [6.07, 6.45) is 0. The molecule has 0 saturated carbocycles. The molecule has 0 atom stereocenters. The van der Waals surface area contributed by atoms with Gasteiger partial charge < -0.3 is 27.0 Å². The first-order valence-electron chi connectivity index (χ1n) is 41.6. The van der Waals surface area contributed by atoms with Gasteiger partial charge in [-0.05, 0) is 194 Å². The summed E-state index contributed by atoms with van der Waals surface area (Å²) in [5.41, 5.74) is 30.1. The van der Waals surface area contributed by atoms with Gasteiger partial charge in [0, 0.05) is 93.7 Å². The van der Waals surface area contributed by atoms with Crippen LogP contribution >= 0.6 is 34.0 Å². The van der Waals surface area contributed by atoms with Crippen LogP contribution in [0.15, 0.2) is 432 Å². The average molecular weight is 1630 g/mol. The van der Waals surface area contributed by atoms with Crippen LogP contribution in [0.4, 0.5) is 0 Å². The van der Waals surface area contributed by atoms with Gasteiger partial charge in [0.2, 0.25) is 0 Å². The van der Waals surface area contributed by atoms with Crippen LogP contribution in [0.1, 0.15) is 0 Å². The lowest BCUT2D eigenvalue weighted by atomic mass is 9.97. The van der Waals surface area contributed by atoms with Gasteiger partial charge in [-0.3, -0.25) is 0 Å². The molecule has 123 heavy (non-hydrogen) atoms. The topological polar surface area (TPSA) is 54.2 Å². The Morgan fingerprint density at radius 1 is 0.179 bits per heavy atom. The number of aromatic nitrogens is 3.